The Labute approximate surface area is 115 Å². The molecule has 2 rings (SSSR count). The molecule has 0 aliphatic rings. The number of hydrogen-bond donors (Lipinski definition) is 0. The second-order valence-corrected chi connectivity index (χ2v) is 3.99. The van der Waals surface area contributed by atoms with E-state index < -0.39 is 22.9 Å². The third-order valence-electron chi connectivity index (χ3n) is 2.56. The van der Waals surface area contributed by atoms with Crippen LogP contribution in [0, 0.1) is 15.9 Å². The van der Waals surface area contributed by atoms with Gasteiger partial charge < -0.3 is 4.74 Å². The molecule has 0 saturated heterocycles. The lowest BCUT2D eigenvalue weighted by Gasteiger charge is -2.09. The van der Waals surface area contributed by atoms with Crippen molar-refractivity contribution in [2.75, 3.05) is 0 Å². The molecule has 0 fully saturated rings. The molecule has 21 heavy (non-hydrogen) atoms. The minimum Gasteiger partial charge on any atom is -0.406 e. The van der Waals surface area contributed by atoms with Crippen LogP contribution in [0.25, 0.3) is 11.1 Å². The van der Waals surface area contributed by atoms with Crippen molar-refractivity contribution in [1.29, 1.82) is 0 Å². The monoisotopic (exact) mass is 301 g/mol. The molecule has 0 aliphatic carbocycles. The van der Waals surface area contributed by atoms with Gasteiger partial charge in [-0.25, -0.2) is 4.39 Å². The zero-order valence-electron chi connectivity index (χ0n) is 10.2. The zero-order valence-corrected chi connectivity index (χ0v) is 10.2. The largest absolute Gasteiger partial charge is 0.573 e. The number of nitro benzene ring substituents is 1. The molecular formula is C13H7F4NO3. The molecular weight excluding hydrogens is 294 g/mol. The molecule has 0 aromatic heterocycles. The molecule has 0 spiro atoms. The predicted octanol–water partition coefficient (Wildman–Crippen LogP) is 4.30. The van der Waals surface area contributed by atoms with E-state index in [0.29, 0.717) is 0 Å². The Hall–Kier alpha value is -2.64. The van der Waals surface area contributed by atoms with Crippen LogP contribution in [0.1, 0.15) is 0 Å². The minimum atomic E-state index is -4.82. The summed E-state index contributed by atoms with van der Waals surface area (Å²) in [4.78, 5) is 9.95. The Bertz CT molecular complexity index is 668. The van der Waals surface area contributed by atoms with Crippen molar-refractivity contribution in [3.8, 4) is 16.9 Å². The number of rotatable bonds is 3. The van der Waals surface area contributed by atoms with Gasteiger partial charge in [0.2, 0.25) is 0 Å². The van der Waals surface area contributed by atoms with Crippen molar-refractivity contribution in [3.63, 3.8) is 0 Å². The van der Waals surface area contributed by atoms with Crippen molar-refractivity contribution < 1.29 is 27.2 Å². The van der Waals surface area contributed by atoms with E-state index in [9.17, 15) is 27.7 Å². The van der Waals surface area contributed by atoms with Gasteiger partial charge >= 0.3 is 6.36 Å². The number of halogens is 4. The van der Waals surface area contributed by atoms with Gasteiger partial charge in [-0.3, -0.25) is 10.1 Å². The first-order valence-corrected chi connectivity index (χ1v) is 5.56. The second-order valence-electron chi connectivity index (χ2n) is 3.99. The van der Waals surface area contributed by atoms with Gasteiger partial charge in [-0.15, -0.1) is 13.2 Å². The number of alkyl halides is 3. The fourth-order valence-electron chi connectivity index (χ4n) is 1.68. The molecule has 0 heterocycles. The molecule has 0 amide bonds. The van der Waals surface area contributed by atoms with Crippen molar-refractivity contribution in [2.24, 2.45) is 0 Å². The summed E-state index contributed by atoms with van der Waals surface area (Å²) in [6, 6.07) is 7.30. The van der Waals surface area contributed by atoms with E-state index in [4.69, 9.17) is 0 Å². The second kappa shape index (κ2) is 5.39. The van der Waals surface area contributed by atoms with Crippen LogP contribution < -0.4 is 4.74 Å². The molecule has 4 nitrogen and oxygen atoms in total. The SMILES string of the molecule is O=[N+]([O-])c1ccc(F)c(-c2ccc(OC(F)(F)F)cc2)c1. The maximum Gasteiger partial charge on any atom is 0.573 e. The minimum absolute atomic E-state index is 0.0808. The first kappa shape index (κ1) is 14.8. The summed E-state index contributed by atoms with van der Waals surface area (Å²) in [5, 5.41) is 10.6. The Morgan fingerprint density at radius 1 is 1.05 bits per heavy atom. The van der Waals surface area contributed by atoms with E-state index in [1.54, 1.807) is 0 Å². The van der Waals surface area contributed by atoms with Crippen LogP contribution in [-0.4, -0.2) is 11.3 Å². The summed E-state index contributed by atoms with van der Waals surface area (Å²) in [5.74, 6) is -1.18. The lowest BCUT2D eigenvalue weighted by molar-refractivity contribution is -0.384. The number of non-ortho nitro benzene ring substituents is 1. The van der Waals surface area contributed by atoms with Gasteiger partial charge in [-0.05, 0) is 23.8 Å². The van der Waals surface area contributed by atoms with Gasteiger partial charge in [0.15, 0.2) is 0 Å². The third-order valence-corrected chi connectivity index (χ3v) is 2.56. The molecule has 0 saturated carbocycles. The van der Waals surface area contributed by atoms with Crippen molar-refractivity contribution in [2.45, 2.75) is 6.36 Å². The highest BCUT2D eigenvalue weighted by Crippen LogP contribution is 2.30. The quantitative estimate of drug-likeness (QED) is 0.482. The van der Waals surface area contributed by atoms with Crippen molar-refractivity contribution >= 4 is 5.69 Å². The molecule has 8 heteroatoms. The molecule has 0 N–H and O–H groups in total. The molecule has 2 aromatic carbocycles. The van der Waals surface area contributed by atoms with E-state index in [-0.39, 0.29) is 16.8 Å². The predicted molar refractivity (Wildman–Crippen MR) is 65.2 cm³/mol. The zero-order chi connectivity index (χ0) is 15.6. The van der Waals surface area contributed by atoms with Gasteiger partial charge in [0.05, 0.1) is 4.92 Å². The van der Waals surface area contributed by atoms with Gasteiger partial charge in [-0.1, -0.05) is 12.1 Å². The first-order chi connectivity index (χ1) is 9.76. The number of nitrogens with zero attached hydrogens (tertiary/aromatic N) is 1. The van der Waals surface area contributed by atoms with Gasteiger partial charge in [0.1, 0.15) is 11.6 Å². The normalized spacial score (nSPS) is 11.2. The summed E-state index contributed by atoms with van der Waals surface area (Å²) in [6.07, 6.45) is -4.82. The standard InChI is InChI=1S/C13H7F4NO3/c14-12-6-3-9(18(19)20)7-11(12)8-1-4-10(5-2-8)21-13(15,16)17/h1-7H. The maximum absolute atomic E-state index is 13.7. The summed E-state index contributed by atoms with van der Waals surface area (Å²) < 4.78 is 53.4. The van der Waals surface area contributed by atoms with Crippen LogP contribution in [0.2, 0.25) is 0 Å². The van der Waals surface area contributed by atoms with Crippen LogP contribution in [0.4, 0.5) is 23.2 Å². The Morgan fingerprint density at radius 2 is 1.67 bits per heavy atom. The Kier molecular flexibility index (Phi) is 3.79. The van der Waals surface area contributed by atoms with Crippen LogP contribution in [0.3, 0.4) is 0 Å². The van der Waals surface area contributed by atoms with Gasteiger partial charge in [-0.2, -0.15) is 0 Å². The molecule has 0 bridgehead atoms. The number of ether oxygens (including phenoxy) is 1. The Balaban J connectivity index is 2.34. The lowest BCUT2D eigenvalue weighted by atomic mass is 10.0. The molecule has 2 aromatic rings. The highest BCUT2D eigenvalue weighted by atomic mass is 19.4. The highest BCUT2D eigenvalue weighted by Gasteiger charge is 2.31. The third kappa shape index (κ3) is 3.68. The summed E-state index contributed by atoms with van der Waals surface area (Å²) in [5.41, 5.74) is -0.199. The van der Waals surface area contributed by atoms with E-state index >= 15 is 0 Å². The molecule has 0 atom stereocenters. The number of nitro groups is 1. The van der Waals surface area contributed by atoms with Crippen molar-refractivity contribution in [3.05, 3.63) is 58.4 Å². The topological polar surface area (TPSA) is 52.4 Å². The molecule has 0 radical (unpaired) electrons. The first-order valence-electron chi connectivity index (χ1n) is 5.56. The van der Waals surface area contributed by atoms with Crippen LogP contribution in [-0.2, 0) is 0 Å². The lowest BCUT2D eigenvalue weighted by Crippen LogP contribution is -2.16. The smallest absolute Gasteiger partial charge is 0.406 e. The summed E-state index contributed by atoms with van der Waals surface area (Å²) >= 11 is 0. The van der Waals surface area contributed by atoms with E-state index in [0.717, 1.165) is 30.3 Å². The molecule has 0 aliphatic heterocycles. The summed E-state index contributed by atoms with van der Waals surface area (Å²) in [7, 11) is 0. The van der Waals surface area contributed by atoms with Gasteiger partial charge in [0.25, 0.3) is 5.69 Å². The number of hydrogen-bond acceptors (Lipinski definition) is 3. The molecule has 110 valence electrons. The van der Waals surface area contributed by atoms with E-state index in [1.807, 2.05) is 0 Å². The molecule has 0 unspecified atom stereocenters. The van der Waals surface area contributed by atoms with E-state index in [1.165, 1.54) is 12.1 Å². The average Bonchev–Trinajstić information content (AvgIpc) is 2.38. The average molecular weight is 301 g/mol. The van der Waals surface area contributed by atoms with Crippen LogP contribution in [0.5, 0.6) is 5.75 Å². The van der Waals surface area contributed by atoms with Crippen LogP contribution >= 0.6 is 0 Å². The number of benzene rings is 2. The fraction of sp³-hybridized carbons (Fsp3) is 0.0769. The van der Waals surface area contributed by atoms with Crippen molar-refractivity contribution in [1.82, 2.24) is 0 Å². The van der Waals surface area contributed by atoms with Crippen LogP contribution in [0.15, 0.2) is 42.5 Å². The highest BCUT2D eigenvalue weighted by molar-refractivity contribution is 5.67. The fourth-order valence-corrected chi connectivity index (χ4v) is 1.68. The van der Waals surface area contributed by atoms with Gasteiger partial charge in [0, 0.05) is 17.7 Å². The van der Waals surface area contributed by atoms with E-state index in [2.05, 4.69) is 4.74 Å². The Morgan fingerprint density at radius 3 is 2.19 bits per heavy atom. The summed E-state index contributed by atoms with van der Waals surface area (Å²) in [6.45, 7) is 0. The maximum atomic E-state index is 13.7.